The standard InChI is InChI=1S/C48H76O19/c1-20(2)22-11-14-48(16-15-45(6)23(30(22)48)9-10-27-46(45,7)13-12-26-44(4,5)67-28(17-29(50)51)47(26,27)8)43(60)66-42-37(58)34(55)32(53)25(64-42)19-61-40-38(59)35(56)39(24(18-49)63-40)65-41-36(57)33(54)31(52)21(3)62-41/h21-28,30-42,49,52-59H,1,9-19H2,2-8H3,(H,50,51)/t21-,22-,23+,24+,25+,26-,27-,28+,30-,31-,32+,33+,34-,35+,36+,37+,38+,39+,40+,41-,42-,45+,46+,47-,48-/m0/s1. The molecule has 4 heterocycles. The highest BCUT2D eigenvalue weighted by atomic mass is 16.8. The zero-order chi connectivity index (χ0) is 49.1. The SMILES string of the molecule is C=C(C)[C@@H]1CC[C@]2(C(=O)O[C@@H]3O[C@H](CO[C@@H]4O[C@H](CO)[C@@H](O[C@@H]5O[C@@H](C)[C@H](O)[C@@H](O)[C@H]5O)[C@H](O)[C@H]4O)[C@@H](O)[C@H](O)[C@H]3O)CC[C@]3(C)[C@H](CC[C@@H]4[C@@]5(C)[C@@H](CC(=O)O)OC(C)(C)[C@@H]5CC[C@]43C)[C@H]12. The van der Waals surface area contributed by atoms with Gasteiger partial charge in [0.25, 0.3) is 0 Å². The molecule has 4 aliphatic heterocycles. The van der Waals surface area contributed by atoms with Crippen LogP contribution in [0.25, 0.3) is 0 Å². The van der Waals surface area contributed by atoms with E-state index >= 15 is 0 Å². The molecule has 10 N–H and O–H groups in total. The van der Waals surface area contributed by atoms with Crippen LogP contribution in [0.5, 0.6) is 0 Å². The number of aliphatic carboxylic acids is 1. The van der Waals surface area contributed by atoms with Crippen LogP contribution < -0.4 is 0 Å². The lowest BCUT2D eigenvalue weighted by Crippen LogP contribution is -2.66. The fraction of sp³-hybridized carbons (Fsp3) is 0.917. The summed E-state index contributed by atoms with van der Waals surface area (Å²) in [6.07, 6.45) is -18.9. The number of hydrogen-bond donors (Lipinski definition) is 10. The van der Waals surface area contributed by atoms with E-state index in [-0.39, 0.29) is 52.3 Å². The number of esters is 1. The molecule has 0 amide bonds. The van der Waals surface area contributed by atoms with Crippen molar-refractivity contribution in [3.05, 3.63) is 12.2 Å². The van der Waals surface area contributed by atoms with E-state index < -0.39 is 134 Å². The summed E-state index contributed by atoms with van der Waals surface area (Å²) in [6, 6.07) is 0. The van der Waals surface area contributed by atoms with E-state index in [1.54, 1.807) is 0 Å². The Morgan fingerprint density at radius 2 is 1.33 bits per heavy atom. The van der Waals surface area contributed by atoms with Crippen molar-refractivity contribution in [2.75, 3.05) is 13.2 Å². The zero-order valence-electron chi connectivity index (χ0n) is 39.8. The maximum atomic E-state index is 15.0. The van der Waals surface area contributed by atoms with Crippen LogP contribution in [-0.2, 0) is 42.7 Å². The molecule has 382 valence electrons. The minimum Gasteiger partial charge on any atom is -0.481 e. The van der Waals surface area contributed by atoms with Crippen LogP contribution in [0, 0.1) is 51.2 Å². The lowest BCUT2D eigenvalue weighted by atomic mass is 9.33. The summed E-state index contributed by atoms with van der Waals surface area (Å²) >= 11 is 0. The summed E-state index contributed by atoms with van der Waals surface area (Å²) in [5.41, 5.74) is -1.30. The van der Waals surface area contributed by atoms with Crippen molar-refractivity contribution in [2.24, 2.45) is 51.2 Å². The Morgan fingerprint density at radius 1 is 0.687 bits per heavy atom. The summed E-state index contributed by atoms with van der Waals surface area (Å²) in [4.78, 5) is 27.2. The van der Waals surface area contributed by atoms with Crippen LogP contribution in [0.2, 0.25) is 0 Å². The van der Waals surface area contributed by atoms with Gasteiger partial charge in [-0.1, -0.05) is 32.9 Å². The molecule has 25 atom stereocenters. The number of carboxylic acid groups (broad SMARTS) is 1. The molecular weight excluding hydrogens is 881 g/mol. The first-order valence-electron chi connectivity index (χ1n) is 24.3. The fourth-order valence-corrected chi connectivity index (χ4v) is 15.5. The quantitative estimate of drug-likeness (QED) is 0.0996. The van der Waals surface area contributed by atoms with Gasteiger partial charge in [-0.15, -0.1) is 0 Å². The second-order valence-electron chi connectivity index (χ2n) is 22.8. The number of aliphatic hydroxyl groups is 9. The predicted molar refractivity (Wildman–Crippen MR) is 231 cm³/mol. The Balaban J connectivity index is 0.973. The molecule has 8 fully saturated rings. The summed E-state index contributed by atoms with van der Waals surface area (Å²) < 4.78 is 41.4. The Morgan fingerprint density at radius 3 is 1.99 bits per heavy atom. The third-order valence-electron chi connectivity index (χ3n) is 19.2. The first-order valence-corrected chi connectivity index (χ1v) is 24.3. The smallest absolute Gasteiger partial charge is 0.314 e. The Labute approximate surface area is 391 Å². The normalized spacial score (nSPS) is 53.7. The van der Waals surface area contributed by atoms with Gasteiger partial charge in [0.05, 0.1) is 42.9 Å². The van der Waals surface area contributed by atoms with Crippen LogP contribution in [-0.4, -0.2) is 180 Å². The van der Waals surface area contributed by atoms with Gasteiger partial charge in [0.1, 0.15) is 67.1 Å². The summed E-state index contributed by atoms with van der Waals surface area (Å²) in [5, 5.41) is 106. The Hall–Kier alpha value is -1.92. The van der Waals surface area contributed by atoms with Crippen molar-refractivity contribution in [3.8, 4) is 0 Å². The van der Waals surface area contributed by atoms with Gasteiger partial charge in [0.15, 0.2) is 12.6 Å². The molecule has 4 saturated carbocycles. The first-order chi connectivity index (χ1) is 31.3. The molecule has 0 aromatic rings. The number of rotatable bonds is 11. The van der Waals surface area contributed by atoms with Crippen molar-refractivity contribution in [3.63, 3.8) is 0 Å². The molecule has 0 spiro atoms. The lowest BCUT2D eigenvalue weighted by Gasteiger charge is -2.70. The van der Waals surface area contributed by atoms with E-state index in [4.69, 9.17) is 33.2 Å². The summed E-state index contributed by atoms with van der Waals surface area (Å²) in [6.45, 7) is 17.6. The van der Waals surface area contributed by atoms with Crippen LogP contribution in [0.4, 0.5) is 0 Å². The fourth-order valence-electron chi connectivity index (χ4n) is 15.5. The number of ether oxygens (including phenoxy) is 7. The second-order valence-corrected chi connectivity index (χ2v) is 22.8. The topological polar surface area (TPSA) is 301 Å². The average Bonchev–Trinajstić information content (AvgIpc) is 3.76. The van der Waals surface area contributed by atoms with Gasteiger partial charge in [0.2, 0.25) is 6.29 Å². The van der Waals surface area contributed by atoms with Gasteiger partial charge in [-0.2, -0.15) is 0 Å². The van der Waals surface area contributed by atoms with E-state index in [1.165, 1.54) is 6.92 Å². The highest BCUT2D eigenvalue weighted by Crippen LogP contribution is 2.78. The maximum absolute atomic E-state index is 15.0. The van der Waals surface area contributed by atoms with E-state index in [2.05, 4.69) is 41.2 Å². The van der Waals surface area contributed by atoms with E-state index in [1.807, 2.05) is 6.92 Å². The number of hydrogen-bond acceptors (Lipinski definition) is 18. The number of fused-ring (bicyclic) bond motifs is 7. The van der Waals surface area contributed by atoms with E-state index in [0.717, 1.165) is 31.3 Å². The molecule has 4 aliphatic carbocycles. The lowest BCUT2D eigenvalue weighted by molar-refractivity contribution is -0.361. The minimum absolute atomic E-state index is 0.00292. The van der Waals surface area contributed by atoms with Crippen LogP contribution >= 0.6 is 0 Å². The number of carbonyl (C=O) groups is 2. The van der Waals surface area contributed by atoms with Gasteiger partial charge >= 0.3 is 11.9 Å². The molecule has 4 saturated heterocycles. The average molecular weight is 957 g/mol. The van der Waals surface area contributed by atoms with Crippen molar-refractivity contribution in [2.45, 2.75) is 210 Å². The predicted octanol–water partition coefficient (Wildman–Crippen LogP) is 0.495. The molecule has 0 bridgehead atoms. The number of aliphatic hydroxyl groups excluding tert-OH is 9. The molecular formula is C48H76O19. The molecule has 0 aromatic carbocycles. The monoisotopic (exact) mass is 956 g/mol. The minimum atomic E-state index is -1.86. The van der Waals surface area contributed by atoms with Crippen LogP contribution in [0.3, 0.4) is 0 Å². The third kappa shape index (κ3) is 8.06. The molecule has 19 nitrogen and oxygen atoms in total. The largest absolute Gasteiger partial charge is 0.481 e. The third-order valence-corrected chi connectivity index (χ3v) is 19.2. The van der Waals surface area contributed by atoms with Gasteiger partial charge in [0, 0.05) is 5.41 Å². The highest BCUT2D eigenvalue weighted by molar-refractivity contribution is 5.78. The van der Waals surface area contributed by atoms with Crippen molar-refractivity contribution >= 4 is 11.9 Å². The molecule has 0 unspecified atom stereocenters. The zero-order valence-corrected chi connectivity index (χ0v) is 39.8. The maximum Gasteiger partial charge on any atom is 0.314 e. The van der Waals surface area contributed by atoms with Gasteiger partial charge in [-0.05, 0) is 119 Å². The summed E-state index contributed by atoms with van der Waals surface area (Å²) in [5.74, 6) is -1.18. The number of carbonyl (C=O) groups excluding carboxylic acids is 1. The van der Waals surface area contributed by atoms with Gasteiger partial charge in [-0.25, -0.2) is 0 Å². The second kappa shape index (κ2) is 18.3. The summed E-state index contributed by atoms with van der Waals surface area (Å²) in [7, 11) is 0. The number of allylic oxidation sites excluding steroid dienone is 1. The van der Waals surface area contributed by atoms with E-state index in [9.17, 15) is 60.7 Å². The van der Waals surface area contributed by atoms with Gasteiger partial charge < -0.3 is 84.2 Å². The van der Waals surface area contributed by atoms with Crippen molar-refractivity contribution in [1.29, 1.82) is 0 Å². The van der Waals surface area contributed by atoms with E-state index in [0.29, 0.717) is 25.7 Å². The Bertz CT molecular complexity index is 1850. The molecule has 67 heavy (non-hydrogen) atoms. The van der Waals surface area contributed by atoms with Crippen molar-refractivity contribution < 1.29 is 93.8 Å². The molecule has 0 radical (unpaired) electrons. The van der Waals surface area contributed by atoms with Crippen LogP contribution in [0.15, 0.2) is 12.2 Å². The van der Waals surface area contributed by atoms with Gasteiger partial charge in [-0.3, -0.25) is 9.59 Å². The first kappa shape index (κ1) is 51.4. The molecule has 0 aromatic heterocycles. The Kier molecular flexibility index (Phi) is 14.0. The molecule has 8 rings (SSSR count). The highest BCUT2D eigenvalue weighted by Gasteiger charge is 2.74. The number of carboxylic acids is 1. The van der Waals surface area contributed by atoms with Crippen LogP contribution in [0.1, 0.15) is 106 Å². The molecule has 19 heteroatoms. The van der Waals surface area contributed by atoms with Crippen molar-refractivity contribution in [1.82, 2.24) is 0 Å². The molecule has 8 aliphatic rings.